The molecule has 0 heterocycles. The van der Waals surface area contributed by atoms with E-state index < -0.39 is 0 Å². The maximum absolute atomic E-state index is 11.9. The fourth-order valence-electron chi connectivity index (χ4n) is 2.20. The number of carbonyl (C=O) groups excluding carboxylic acids is 1. The van der Waals surface area contributed by atoms with Gasteiger partial charge in [0, 0.05) is 11.5 Å². The van der Waals surface area contributed by atoms with Crippen LogP contribution in [0.3, 0.4) is 0 Å². The van der Waals surface area contributed by atoms with Crippen LogP contribution in [0.1, 0.15) is 34.3 Å². The third kappa shape index (κ3) is 3.50. The average Bonchev–Trinajstić information content (AvgIpc) is 3.38. The molecule has 0 amide bonds. The van der Waals surface area contributed by atoms with Gasteiger partial charge in [-0.1, -0.05) is 24.3 Å². The van der Waals surface area contributed by atoms with Gasteiger partial charge in [-0.25, -0.2) is 0 Å². The molecule has 1 N–H and O–H groups in total. The van der Waals surface area contributed by atoms with Crippen molar-refractivity contribution in [2.75, 3.05) is 0 Å². The van der Waals surface area contributed by atoms with Gasteiger partial charge in [0.25, 0.3) is 0 Å². The molecule has 3 heteroatoms. The summed E-state index contributed by atoms with van der Waals surface area (Å²) < 4.78 is 5.70. The Morgan fingerprint density at radius 1 is 1.00 bits per heavy atom. The Bertz CT molecular complexity index is 610. The molecule has 1 aliphatic carbocycles. The van der Waals surface area contributed by atoms with Gasteiger partial charge >= 0.3 is 0 Å². The van der Waals surface area contributed by atoms with Gasteiger partial charge in [-0.15, -0.1) is 0 Å². The van der Waals surface area contributed by atoms with E-state index in [1.54, 1.807) is 0 Å². The van der Waals surface area contributed by atoms with Crippen LogP contribution in [0.15, 0.2) is 48.5 Å². The number of carbonyl (C=O) groups is 1. The summed E-state index contributed by atoms with van der Waals surface area (Å²) in [6.07, 6.45) is 2.06. The van der Waals surface area contributed by atoms with Gasteiger partial charge in [0.15, 0.2) is 5.78 Å². The fourth-order valence-corrected chi connectivity index (χ4v) is 2.20. The highest BCUT2D eigenvalue weighted by atomic mass is 16.5. The molecule has 1 aliphatic rings. The lowest BCUT2D eigenvalue weighted by molar-refractivity contribution is 0.0967. The number of ketones is 1. The summed E-state index contributed by atoms with van der Waals surface area (Å²) in [6.45, 7) is 0.527. The molecule has 0 radical (unpaired) electrons. The summed E-state index contributed by atoms with van der Waals surface area (Å²) in [6, 6.07) is 15.0. The number of aliphatic hydroxyl groups is 1. The quantitative estimate of drug-likeness (QED) is 0.826. The highest BCUT2D eigenvalue weighted by molar-refractivity contribution is 5.99. The van der Waals surface area contributed by atoms with Crippen molar-refractivity contribution < 1.29 is 14.6 Å². The van der Waals surface area contributed by atoms with E-state index in [1.165, 1.54) is 0 Å². The lowest BCUT2D eigenvalue weighted by Gasteiger charge is -2.07. The molecule has 1 saturated carbocycles. The smallest absolute Gasteiger partial charge is 0.165 e. The van der Waals surface area contributed by atoms with Gasteiger partial charge in [-0.2, -0.15) is 0 Å². The molecular formula is C18H18O3. The van der Waals surface area contributed by atoms with Crippen LogP contribution in [-0.2, 0) is 13.2 Å². The maximum Gasteiger partial charge on any atom is 0.165 e. The van der Waals surface area contributed by atoms with Crippen LogP contribution in [-0.4, -0.2) is 10.9 Å². The molecule has 108 valence electrons. The fraction of sp³-hybridized carbons (Fsp3) is 0.278. The Labute approximate surface area is 124 Å². The van der Waals surface area contributed by atoms with Gasteiger partial charge in [0.05, 0.1) is 6.61 Å². The highest BCUT2D eigenvalue weighted by Crippen LogP contribution is 2.32. The van der Waals surface area contributed by atoms with Gasteiger partial charge in [-0.05, 0) is 48.2 Å². The number of aliphatic hydroxyl groups excluding tert-OH is 1. The monoisotopic (exact) mass is 282 g/mol. The standard InChI is InChI=1S/C18H18O3/c19-11-13-1-3-14(4-2-13)12-21-17-9-7-16(8-10-17)18(20)15-5-6-15/h1-4,7-10,15,19H,5-6,11-12H2. The normalized spacial score (nSPS) is 14.0. The number of benzene rings is 2. The van der Waals surface area contributed by atoms with Crippen molar-refractivity contribution in [2.45, 2.75) is 26.1 Å². The predicted molar refractivity (Wildman–Crippen MR) is 80.2 cm³/mol. The van der Waals surface area contributed by atoms with Crippen molar-refractivity contribution in [1.82, 2.24) is 0 Å². The Hall–Kier alpha value is -2.13. The number of ether oxygens (including phenoxy) is 1. The number of hydrogen-bond donors (Lipinski definition) is 1. The van der Waals surface area contributed by atoms with E-state index in [0.717, 1.165) is 35.3 Å². The van der Waals surface area contributed by atoms with E-state index in [-0.39, 0.29) is 18.3 Å². The van der Waals surface area contributed by atoms with Crippen LogP contribution in [0.2, 0.25) is 0 Å². The molecular weight excluding hydrogens is 264 g/mol. The van der Waals surface area contributed by atoms with Crippen LogP contribution in [0, 0.1) is 5.92 Å². The lowest BCUT2D eigenvalue weighted by Crippen LogP contribution is -2.01. The minimum atomic E-state index is 0.0532. The zero-order chi connectivity index (χ0) is 14.7. The average molecular weight is 282 g/mol. The number of rotatable bonds is 6. The molecule has 0 aliphatic heterocycles. The number of hydrogen-bond acceptors (Lipinski definition) is 3. The van der Waals surface area contributed by atoms with Crippen LogP contribution in [0.5, 0.6) is 5.75 Å². The topological polar surface area (TPSA) is 46.5 Å². The summed E-state index contributed by atoms with van der Waals surface area (Å²) >= 11 is 0. The van der Waals surface area contributed by atoms with Crippen LogP contribution in [0.4, 0.5) is 0 Å². The van der Waals surface area contributed by atoms with Gasteiger partial charge in [0.1, 0.15) is 12.4 Å². The number of Topliss-reactive ketones (excluding diaryl/α,β-unsaturated/α-hetero) is 1. The molecule has 0 unspecified atom stereocenters. The third-order valence-corrected chi connectivity index (χ3v) is 3.70. The van der Waals surface area contributed by atoms with Crippen LogP contribution < -0.4 is 4.74 Å². The summed E-state index contributed by atoms with van der Waals surface area (Å²) in [4.78, 5) is 11.9. The largest absolute Gasteiger partial charge is 0.489 e. The molecule has 0 atom stereocenters. The molecule has 21 heavy (non-hydrogen) atoms. The van der Waals surface area contributed by atoms with Crippen LogP contribution >= 0.6 is 0 Å². The maximum atomic E-state index is 11.9. The zero-order valence-electron chi connectivity index (χ0n) is 11.8. The first kappa shape index (κ1) is 13.8. The molecule has 2 aromatic carbocycles. The van der Waals surface area contributed by atoms with Crippen molar-refractivity contribution >= 4 is 5.78 Å². The summed E-state index contributed by atoms with van der Waals surface area (Å²) in [5, 5.41) is 8.99. The predicted octanol–water partition coefficient (Wildman–Crippen LogP) is 3.35. The van der Waals surface area contributed by atoms with E-state index in [2.05, 4.69) is 0 Å². The van der Waals surface area contributed by atoms with E-state index in [4.69, 9.17) is 9.84 Å². The first-order chi connectivity index (χ1) is 10.3. The van der Waals surface area contributed by atoms with E-state index in [9.17, 15) is 4.79 Å². The molecule has 2 aromatic rings. The molecule has 0 bridgehead atoms. The second-order valence-corrected chi connectivity index (χ2v) is 5.43. The van der Waals surface area contributed by atoms with Gasteiger partial charge in [-0.3, -0.25) is 4.79 Å². The Balaban J connectivity index is 1.58. The molecule has 0 saturated heterocycles. The van der Waals surface area contributed by atoms with Crippen molar-refractivity contribution in [3.63, 3.8) is 0 Å². The second kappa shape index (κ2) is 6.10. The molecule has 3 nitrogen and oxygen atoms in total. The minimum absolute atomic E-state index is 0.0532. The van der Waals surface area contributed by atoms with Gasteiger partial charge < -0.3 is 9.84 Å². The lowest BCUT2D eigenvalue weighted by atomic mass is 10.1. The zero-order valence-corrected chi connectivity index (χ0v) is 11.8. The van der Waals surface area contributed by atoms with Crippen molar-refractivity contribution in [3.05, 3.63) is 65.2 Å². The molecule has 0 spiro atoms. The Morgan fingerprint density at radius 3 is 2.19 bits per heavy atom. The third-order valence-electron chi connectivity index (χ3n) is 3.70. The molecule has 1 fully saturated rings. The van der Waals surface area contributed by atoms with Crippen molar-refractivity contribution in [2.24, 2.45) is 5.92 Å². The van der Waals surface area contributed by atoms with E-state index in [0.29, 0.717) is 6.61 Å². The van der Waals surface area contributed by atoms with Crippen molar-refractivity contribution in [1.29, 1.82) is 0 Å². The SMILES string of the molecule is O=C(c1ccc(OCc2ccc(CO)cc2)cc1)C1CC1. The summed E-state index contributed by atoms with van der Waals surface area (Å²) in [5.41, 5.74) is 2.71. The summed E-state index contributed by atoms with van der Waals surface area (Å²) in [7, 11) is 0. The minimum Gasteiger partial charge on any atom is -0.489 e. The molecule has 0 aromatic heterocycles. The highest BCUT2D eigenvalue weighted by Gasteiger charge is 2.30. The van der Waals surface area contributed by atoms with Crippen LogP contribution in [0.25, 0.3) is 0 Å². The first-order valence-corrected chi connectivity index (χ1v) is 7.22. The second-order valence-electron chi connectivity index (χ2n) is 5.43. The first-order valence-electron chi connectivity index (χ1n) is 7.22. The van der Waals surface area contributed by atoms with Gasteiger partial charge in [0.2, 0.25) is 0 Å². The van der Waals surface area contributed by atoms with E-state index >= 15 is 0 Å². The van der Waals surface area contributed by atoms with E-state index in [1.807, 2.05) is 48.5 Å². The Kier molecular flexibility index (Phi) is 4.02. The van der Waals surface area contributed by atoms with Crippen molar-refractivity contribution in [3.8, 4) is 5.75 Å². The summed E-state index contributed by atoms with van der Waals surface area (Å²) in [5.74, 6) is 1.26. The molecule has 3 rings (SSSR count). The Morgan fingerprint density at radius 2 is 1.62 bits per heavy atom.